The Labute approximate surface area is 79.5 Å². The molecule has 0 aromatic carbocycles. The quantitative estimate of drug-likeness (QED) is 0.459. The maximum absolute atomic E-state index is 10.2. The van der Waals surface area contributed by atoms with Gasteiger partial charge in [0.15, 0.2) is 0 Å². The minimum absolute atomic E-state index is 0. The van der Waals surface area contributed by atoms with Crippen LogP contribution in [0.25, 0.3) is 0 Å². The maximum Gasteiger partial charge on any atom is 0.148 e. The third kappa shape index (κ3) is 2.59. The van der Waals surface area contributed by atoms with E-state index in [2.05, 4.69) is 6.08 Å². The number of ether oxygens (including phenoxy) is 1. The van der Waals surface area contributed by atoms with E-state index in [1.807, 2.05) is 6.92 Å². The summed E-state index contributed by atoms with van der Waals surface area (Å²) in [6, 6.07) is 0. The van der Waals surface area contributed by atoms with Crippen molar-refractivity contribution in [3.05, 3.63) is 12.2 Å². The third-order valence-corrected chi connectivity index (χ3v) is 1.05. The van der Waals surface area contributed by atoms with Gasteiger partial charge in [-0.1, -0.05) is 6.92 Å². The molecule has 2 nitrogen and oxygen atoms in total. The Bertz CT molecular complexity index is 131. The van der Waals surface area contributed by atoms with Gasteiger partial charge in [0.1, 0.15) is 5.97 Å². The van der Waals surface area contributed by atoms with Gasteiger partial charge in [-0.15, -0.1) is 0 Å². The zero-order chi connectivity index (χ0) is 5.98. The fourth-order valence-corrected chi connectivity index (χ4v) is 0.568. The van der Waals surface area contributed by atoms with Gasteiger partial charge in [-0.2, -0.15) is 0 Å². The molecule has 0 aliphatic carbocycles. The molecule has 0 N–H and O–H groups in total. The molecule has 0 saturated carbocycles. The first-order valence-electron chi connectivity index (χ1n) is 2.63. The summed E-state index contributed by atoms with van der Waals surface area (Å²) in [7, 11) is 0. The molecule has 0 aromatic rings. The minimum Gasteiger partial charge on any atom is -0.486 e. The van der Waals surface area contributed by atoms with Crippen LogP contribution in [0.5, 0.6) is 0 Å². The van der Waals surface area contributed by atoms with Crippen LogP contribution < -0.4 is 0 Å². The third-order valence-electron chi connectivity index (χ3n) is 1.05. The monoisotopic (exact) mass is 200 g/mol. The molecule has 47 valence electrons. The van der Waals surface area contributed by atoms with Crippen LogP contribution >= 0.6 is 0 Å². The van der Waals surface area contributed by atoms with E-state index < -0.39 is 0 Å². The largest absolute Gasteiger partial charge is 0.486 e. The summed E-state index contributed by atoms with van der Waals surface area (Å²) in [5.74, 6) is -0.336. The summed E-state index contributed by atoms with van der Waals surface area (Å²) < 4.78 is 4.70. The van der Waals surface area contributed by atoms with Crippen LogP contribution in [0.3, 0.4) is 0 Å². The van der Waals surface area contributed by atoms with Gasteiger partial charge in [-0.25, -0.2) is 6.08 Å². The predicted molar refractivity (Wildman–Crippen MR) is 28.0 cm³/mol. The standard InChI is InChI=1S/C6H7O2.Y/c1-2-5-3-4-6(7)8-5;/h3,5H,2H2,1H3;/q-1;. The van der Waals surface area contributed by atoms with Crippen LogP contribution in [-0.4, -0.2) is 12.1 Å². The SMILES string of the molecule is CCC1C=[C-]C(=O)O1.[Y]. The van der Waals surface area contributed by atoms with Crippen molar-refractivity contribution in [3.8, 4) is 0 Å². The fourth-order valence-electron chi connectivity index (χ4n) is 0.568. The van der Waals surface area contributed by atoms with Crippen molar-refractivity contribution in [2.24, 2.45) is 0 Å². The summed E-state index contributed by atoms with van der Waals surface area (Å²) in [5.41, 5.74) is 0. The van der Waals surface area contributed by atoms with Crippen LogP contribution in [0.1, 0.15) is 13.3 Å². The number of carbonyl (C=O) groups excluding carboxylic acids is 1. The normalized spacial score (nSPS) is 23.2. The van der Waals surface area contributed by atoms with E-state index >= 15 is 0 Å². The van der Waals surface area contributed by atoms with Crippen LogP contribution in [0.4, 0.5) is 0 Å². The first-order chi connectivity index (χ1) is 3.83. The Morgan fingerprint density at radius 3 is 2.78 bits per heavy atom. The molecule has 0 saturated heterocycles. The molecule has 0 spiro atoms. The van der Waals surface area contributed by atoms with Crippen LogP contribution in [-0.2, 0) is 42.2 Å². The molecule has 1 aliphatic rings. The molecular weight excluding hydrogens is 193 g/mol. The Hall–Kier alpha value is 0.314. The van der Waals surface area contributed by atoms with E-state index in [1.165, 1.54) is 0 Å². The van der Waals surface area contributed by atoms with Crippen molar-refractivity contribution in [2.45, 2.75) is 19.4 Å². The summed E-state index contributed by atoms with van der Waals surface area (Å²) in [6.07, 6.45) is 4.92. The summed E-state index contributed by atoms with van der Waals surface area (Å²) in [6.45, 7) is 1.96. The summed E-state index contributed by atoms with van der Waals surface area (Å²) in [5, 5.41) is 0. The van der Waals surface area contributed by atoms with Gasteiger partial charge in [0.2, 0.25) is 0 Å². The number of hydrogen-bond donors (Lipinski definition) is 0. The smallest absolute Gasteiger partial charge is 0.148 e. The van der Waals surface area contributed by atoms with E-state index in [-0.39, 0.29) is 44.8 Å². The molecule has 0 amide bonds. The number of esters is 1. The first-order valence-corrected chi connectivity index (χ1v) is 2.63. The summed E-state index contributed by atoms with van der Waals surface area (Å²) in [4.78, 5) is 10.2. The van der Waals surface area contributed by atoms with E-state index in [0.29, 0.717) is 0 Å². The van der Waals surface area contributed by atoms with Gasteiger partial charge in [-0.05, 0) is 6.42 Å². The fraction of sp³-hybridized carbons (Fsp3) is 0.500. The molecule has 0 aromatic heterocycles. The predicted octanol–water partition coefficient (Wildman–Crippen LogP) is 0.679. The van der Waals surface area contributed by atoms with Crippen molar-refractivity contribution in [2.75, 3.05) is 0 Å². The van der Waals surface area contributed by atoms with E-state index in [1.54, 1.807) is 6.08 Å². The number of carbonyl (C=O) groups is 1. The molecule has 1 radical (unpaired) electrons. The first kappa shape index (κ1) is 9.31. The topological polar surface area (TPSA) is 26.3 Å². The molecule has 9 heavy (non-hydrogen) atoms. The Balaban J connectivity index is 0.000000640. The molecular formula is C6H7O2Y-. The van der Waals surface area contributed by atoms with Gasteiger partial charge in [0.05, 0.1) is 6.10 Å². The Morgan fingerprint density at radius 2 is 2.56 bits per heavy atom. The molecule has 1 atom stereocenters. The molecule has 0 fully saturated rings. The average Bonchev–Trinajstić information content (AvgIpc) is 2.14. The molecule has 1 unspecified atom stereocenters. The van der Waals surface area contributed by atoms with Gasteiger partial charge in [-0.3, -0.25) is 4.79 Å². The Morgan fingerprint density at radius 1 is 1.89 bits per heavy atom. The van der Waals surface area contributed by atoms with Crippen molar-refractivity contribution in [3.63, 3.8) is 0 Å². The molecule has 0 bridgehead atoms. The van der Waals surface area contributed by atoms with Crippen molar-refractivity contribution in [1.82, 2.24) is 0 Å². The van der Waals surface area contributed by atoms with Crippen LogP contribution in [0.15, 0.2) is 6.08 Å². The molecule has 1 rings (SSSR count). The van der Waals surface area contributed by atoms with Gasteiger partial charge < -0.3 is 10.8 Å². The second-order valence-corrected chi connectivity index (χ2v) is 1.66. The van der Waals surface area contributed by atoms with E-state index in [4.69, 9.17) is 4.74 Å². The Kier molecular flexibility index (Phi) is 4.33. The van der Waals surface area contributed by atoms with Crippen LogP contribution in [0, 0.1) is 6.08 Å². The summed E-state index contributed by atoms with van der Waals surface area (Å²) >= 11 is 0. The number of cyclic esters (lactones) is 1. The van der Waals surface area contributed by atoms with Crippen molar-refractivity contribution < 1.29 is 42.2 Å². The second kappa shape index (κ2) is 4.18. The molecule has 1 aliphatic heterocycles. The maximum atomic E-state index is 10.2. The average molecular weight is 200 g/mol. The van der Waals surface area contributed by atoms with Gasteiger partial charge >= 0.3 is 0 Å². The molecule has 1 heterocycles. The van der Waals surface area contributed by atoms with E-state index in [9.17, 15) is 4.79 Å². The minimum atomic E-state index is -0.336. The van der Waals surface area contributed by atoms with Crippen LogP contribution in [0.2, 0.25) is 0 Å². The van der Waals surface area contributed by atoms with Gasteiger partial charge in [0.25, 0.3) is 0 Å². The van der Waals surface area contributed by atoms with Crippen molar-refractivity contribution in [1.29, 1.82) is 0 Å². The number of hydrogen-bond acceptors (Lipinski definition) is 2. The van der Waals surface area contributed by atoms with E-state index in [0.717, 1.165) is 6.42 Å². The number of rotatable bonds is 1. The zero-order valence-corrected chi connectivity index (χ0v) is 8.09. The van der Waals surface area contributed by atoms with Crippen molar-refractivity contribution >= 4 is 5.97 Å². The van der Waals surface area contributed by atoms with Gasteiger partial charge in [0, 0.05) is 32.7 Å². The second-order valence-electron chi connectivity index (χ2n) is 1.66. The zero-order valence-electron chi connectivity index (χ0n) is 5.26. The molecule has 3 heteroatoms.